The zero-order chi connectivity index (χ0) is 20.8. The van der Waals surface area contributed by atoms with Crippen LogP contribution in [-0.2, 0) is 16.0 Å². The quantitative estimate of drug-likeness (QED) is 0.696. The molecule has 0 saturated carbocycles. The number of carbonyl (C=O) groups excluding carboxylic acids is 2. The van der Waals surface area contributed by atoms with Gasteiger partial charge >= 0.3 is 0 Å². The molecule has 5 heteroatoms. The Morgan fingerprint density at radius 3 is 2.31 bits per heavy atom. The van der Waals surface area contributed by atoms with Crippen molar-refractivity contribution >= 4 is 28.9 Å². The van der Waals surface area contributed by atoms with Gasteiger partial charge in [0.05, 0.1) is 0 Å². The van der Waals surface area contributed by atoms with E-state index in [-0.39, 0.29) is 18.2 Å². The smallest absolute Gasteiger partial charge is 0.233 e. The van der Waals surface area contributed by atoms with Crippen molar-refractivity contribution in [2.45, 2.75) is 46.5 Å². The molecule has 0 aromatic heterocycles. The van der Waals surface area contributed by atoms with Crippen molar-refractivity contribution < 1.29 is 9.59 Å². The maximum absolute atomic E-state index is 12.3. The number of nitrogens with zero attached hydrogens (tertiary/aromatic N) is 1. The topological polar surface area (TPSA) is 61.4 Å². The van der Waals surface area contributed by atoms with Gasteiger partial charge in [0.2, 0.25) is 11.8 Å². The summed E-state index contributed by atoms with van der Waals surface area (Å²) in [5, 5.41) is 5.72. The van der Waals surface area contributed by atoms with E-state index in [1.807, 2.05) is 56.3 Å². The maximum atomic E-state index is 12.3. The van der Waals surface area contributed by atoms with Crippen LogP contribution in [0.1, 0.15) is 44.2 Å². The molecule has 0 bridgehead atoms. The molecule has 1 saturated heterocycles. The second-order valence-electron chi connectivity index (χ2n) is 7.95. The van der Waals surface area contributed by atoms with Crippen LogP contribution >= 0.6 is 0 Å². The monoisotopic (exact) mass is 393 g/mol. The molecular formula is C24H31N3O2. The zero-order valence-electron chi connectivity index (χ0n) is 17.6. The maximum Gasteiger partial charge on any atom is 0.233 e. The highest BCUT2D eigenvalue weighted by atomic mass is 16.2. The summed E-state index contributed by atoms with van der Waals surface area (Å²) in [4.78, 5) is 27.0. The molecule has 0 spiro atoms. The summed E-state index contributed by atoms with van der Waals surface area (Å²) in [6.45, 7) is 8.45. The van der Waals surface area contributed by atoms with E-state index >= 15 is 0 Å². The van der Waals surface area contributed by atoms with E-state index in [0.717, 1.165) is 42.2 Å². The molecule has 29 heavy (non-hydrogen) atoms. The molecule has 0 aliphatic carbocycles. The number of anilines is 3. The molecular weight excluding hydrogens is 362 g/mol. The number of hydrogen-bond donors (Lipinski definition) is 2. The van der Waals surface area contributed by atoms with E-state index in [1.54, 1.807) is 0 Å². The molecule has 2 amide bonds. The Hall–Kier alpha value is -2.82. The number of nitrogens with one attached hydrogen (secondary N) is 2. The molecule has 0 atom stereocenters. The van der Waals surface area contributed by atoms with Gasteiger partial charge in [0.25, 0.3) is 0 Å². The van der Waals surface area contributed by atoms with E-state index in [4.69, 9.17) is 0 Å². The van der Waals surface area contributed by atoms with Crippen LogP contribution in [0.25, 0.3) is 0 Å². The molecule has 1 heterocycles. The zero-order valence-corrected chi connectivity index (χ0v) is 17.6. The van der Waals surface area contributed by atoms with Crippen LogP contribution in [0, 0.1) is 12.8 Å². The van der Waals surface area contributed by atoms with Crippen LogP contribution < -0.4 is 15.5 Å². The van der Waals surface area contributed by atoms with Gasteiger partial charge in [0.1, 0.15) is 6.42 Å². The Kier molecular flexibility index (Phi) is 6.91. The van der Waals surface area contributed by atoms with Gasteiger partial charge in [0.15, 0.2) is 0 Å². The van der Waals surface area contributed by atoms with Gasteiger partial charge in [0, 0.05) is 30.2 Å². The minimum absolute atomic E-state index is 0.205. The average Bonchev–Trinajstić information content (AvgIpc) is 2.70. The minimum atomic E-state index is -0.311. The summed E-state index contributed by atoms with van der Waals surface area (Å²) >= 11 is 0. The van der Waals surface area contributed by atoms with Crippen LogP contribution in [-0.4, -0.2) is 24.9 Å². The lowest BCUT2D eigenvalue weighted by Gasteiger charge is -2.32. The third kappa shape index (κ3) is 5.59. The highest BCUT2D eigenvalue weighted by molar-refractivity contribution is 6.08. The summed E-state index contributed by atoms with van der Waals surface area (Å²) in [6, 6.07) is 13.8. The number of carbonyl (C=O) groups is 2. The molecule has 3 rings (SSSR count). The highest BCUT2D eigenvalue weighted by Gasteiger charge is 2.16. The molecule has 1 aliphatic rings. The Bertz CT molecular complexity index is 853. The van der Waals surface area contributed by atoms with E-state index < -0.39 is 0 Å². The second-order valence-corrected chi connectivity index (χ2v) is 7.95. The van der Waals surface area contributed by atoms with Gasteiger partial charge < -0.3 is 15.5 Å². The van der Waals surface area contributed by atoms with Gasteiger partial charge in [-0.3, -0.25) is 9.59 Å². The first-order valence-corrected chi connectivity index (χ1v) is 10.5. The molecule has 2 aromatic carbocycles. The molecule has 1 fully saturated rings. The lowest BCUT2D eigenvalue weighted by molar-refractivity contribution is -0.123. The van der Waals surface area contributed by atoms with Gasteiger partial charge in [-0.25, -0.2) is 0 Å². The van der Waals surface area contributed by atoms with Crippen molar-refractivity contribution in [3.8, 4) is 0 Å². The Morgan fingerprint density at radius 1 is 1.00 bits per heavy atom. The molecule has 0 unspecified atom stereocenters. The molecule has 2 aromatic rings. The molecule has 154 valence electrons. The van der Waals surface area contributed by atoms with Crippen LogP contribution in [0.15, 0.2) is 42.5 Å². The first kappa shape index (κ1) is 20.9. The first-order chi connectivity index (χ1) is 14.0. The standard InChI is InChI=1S/C24H31N3O2/c1-4-19-7-5-6-18(3)24(19)26-23(29)16-22(28)25-20-8-10-21(11-9-20)27-14-12-17(2)13-15-27/h5-11,17H,4,12-16H2,1-3H3,(H,25,28)(H,26,29). The van der Waals surface area contributed by atoms with Crippen LogP contribution in [0.3, 0.4) is 0 Å². The number of hydrogen-bond acceptors (Lipinski definition) is 3. The fourth-order valence-corrected chi connectivity index (χ4v) is 3.76. The summed E-state index contributed by atoms with van der Waals surface area (Å²) in [7, 11) is 0. The van der Waals surface area contributed by atoms with Crippen LogP contribution in [0.4, 0.5) is 17.1 Å². The number of amides is 2. The Labute approximate surface area is 173 Å². The lowest BCUT2D eigenvalue weighted by Crippen LogP contribution is -2.32. The Morgan fingerprint density at radius 2 is 1.66 bits per heavy atom. The van der Waals surface area contributed by atoms with Gasteiger partial charge in [-0.05, 0) is 67.5 Å². The predicted octanol–water partition coefficient (Wildman–Crippen LogP) is 4.76. The minimum Gasteiger partial charge on any atom is -0.372 e. The van der Waals surface area contributed by atoms with E-state index in [1.165, 1.54) is 18.5 Å². The van der Waals surface area contributed by atoms with E-state index in [0.29, 0.717) is 5.69 Å². The van der Waals surface area contributed by atoms with E-state index in [9.17, 15) is 9.59 Å². The number of rotatable bonds is 6. The molecule has 0 radical (unpaired) electrons. The fourth-order valence-electron chi connectivity index (χ4n) is 3.76. The van der Waals surface area contributed by atoms with Crippen molar-refractivity contribution in [1.82, 2.24) is 0 Å². The van der Waals surface area contributed by atoms with Crippen molar-refractivity contribution in [3.05, 3.63) is 53.6 Å². The SMILES string of the molecule is CCc1cccc(C)c1NC(=O)CC(=O)Nc1ccc(N2CCC(C)CC2)cc1. The largest absolute Gasteiger partial charge is 0.372 e. The van der Waals surface area contributed by atoms with Crippen LogP contribution in [0.5, 0.6) is 0 Å². The van der Waals surface area contributed by atoms with Crippen LogP contribution in [0.2, 0.25) is 0 Å². The van der Waals surface area contributed by atoms with Gasteiger partial charge in [-0.15, -0.1) is 0 Å². The average molecular weight is 394 g/mol. The third-order valence-corrected chi connectivity index (χ3v) is 5.63. The van der Waals surface area contributed by atoms with Crippen molar-refractivity contribution in [1.29, 1.82) is 0 Å². The number of aryl methyl sites for hydroxylation is 2. The normalized spacial score (nSPS) is 14.5. The van der Waals surface area contributed by atoms with Gasteiger partial charge in [-0.1, -0.05) is 32.0 Å². The van der Waals surface area contributed by atoms with E-state index in [2.05, 4.69) is 22.5 Å². The summed E-state index contributed by atoms with van der Waals surface area (Å²) in [6.07, 6.45) is 3.05. The third-order valence-electron chi connectivity index (χ3n) is 5.63. The summed E-state index contributed by atoms with van der Waals surface area (Å²) < 4.78 is 0. The predicted molar refractivity (Wildman–Crippen MR) is 119 cm³/mol. The lowest BCUT2D eigenvalue weighted by atomic mass is 9.99. The number of para-hydroxylation sites is 1. The number of benzene rings is 2. The fraction of sp³-hybridized carbons (Fsp3) is 0.417. The number of piperidine rings is 1. The van der Waals surface area contributed by atoms with Gasteiger partial charge in [-0.2, -0.15) is 0 Å². The second kappa shape index (κ2) is 9.59. The van der Waals surface area contributed by atoms with Crippen molar-refractivity contribution in [2.75, 3.05) is 28.6 Å². The summed E-state index contributed by atoms with van der Waals surface area (Å²) in [5.41, 5.74) is 4.77. The highest BCUT2D eigenvalue weighted by Crippen LogP contribution is 2.24. The summed E-state index contributed by atoms with van der Waals surface area (Å²) in [5.74, 6) is 0.184. The Balaban J connectivity index is 1.53. The van der Waals surface area contributed by atoms with Crippen molar-refractivity contribution in [2.24, 2.45) is 5.92 Å². The molecule has 1 aliphatic heterocycles. The first-order valence-electron chi connectivity index (χ1n) is 10.5. The molecule has 2 N–H and O–H groups in total. The molecule has 5 nitrogen and oxygen atoms in total. The van der Waals surface area contributed by atoms with Crippen molar-refractivity contribution in [3.63, 3.8) is 0 Å².